The van der Waals surface area contributed by atoms with Crippen LogP contribution in [0.1, 0.15) is 6.42 Å². The molecule has 0 aliphatic carbocycles. The van der Waals surface area contributed by atoms with Gasteiger partial charge in [-0.2, -0.15) is 0 Å². The molecule has 3 nitrogen and oxygen atoms in total. The molecule has 0 aromatic heterocycles. The molecule has 0 fully saturated rings. The molecule has 0 aromatic carbocycles. The Morgan fingerprint density at radius 3 is 2.57 bits per heavy atom. The lowest BCUT2D eigenvalue weighted by molar-refractivity contribution is -0.109. The van der Waals surface area contributed by atoms with Crippen molar-refractivity contribution in [2.24, 2.45) is 5.73 Å². The standard InChI is InChI=1S/C4H9NO2/c5-3-4(7)1-2-6/h2,4,7H,1,3,5H2/t4-/m1/s1. The lowest BCUT2D eigenvalue weighted by Crippen LogP contribution is -2.19. The maximum Gasteiger partial charge on any atom is 0.122 e. The lowest BCUT2D eigenvalue weighted by atomic mass is 10.3. The molecular weight excluding hydrogens is 94.0 g/mol. The van der Waals surface area contributed by atoms with Crippen LogP contribution < -0.4 is 5.73 Å². The third kappa shape index (κ3) is 3.42. The Hall–Kier alpha value is -0.410. The van der Waals surface area contributed by atoms with Crippen molar-refractivity contribution in [1.29, 1.82) is 0 Å². The first-order chi connectivity index (χ1) is 3.31. The SMILES string of the molecule is NC[C@H](O)CC=O. The number of rotatable bonds is 3. The minimum absolute atomic E-state index is 0.149. The van der Waals surface area contributed by atoms with Gasteiger partial charge in [0.25, 0.3) is 0 Å². The fourth-order valence-electron chi connectivity index (χ4n) is 0.207. The highest BCUT2D eigenvalue weighted by Gasteiger charge is 1.95. The molecule has 0 radical (unpaired) electrons. The molecule has 7 heavy (non-hydrogen) atoms. The number of aliphatic hydroxyl groups is 1. The van der Waals surface area contributed by atoms with Crippen LogP contribution in [-0.2, 0) is 4.79 Å². The molecule has 0 aliphatic heterocycles. The van der Waals surface area contributed by atoms with Gasteiger partial charge < -0.3 is 15.6 Å². The van der Waals surface area contributed by atoms with Gasteiger partial charge in [-0.15, -0.1) is 0 Å². The second-order valence-corrected chi connectivity index (χ2v) is 1.29. The molecular formula is C4H9NO2. The van der Waals surface area contributed by atoms with E-state index in [-0.39, 0.29) is 13.0 Å². The smallest absolute Gasteiger partial charge is 0.122 e. The summed E-state index contributed by atoms with van der Waals surface area (Å²) in [5.74, 6) is 0. The van der Waals surface area contributed by atoms with Gasteiger partial charge in [0.05, 0.1) is 6.10 Å². The van der Waals surface area contributed by atoms with Crippen LogP contribution >= 0.6 is 0 Å². The van der Waals surface area contributed by atoms with Gasteiger partial charge in [0.2, 0.25) is 0 Å². The lowest BCUT2D eigenvalue weighted by Gasteiger charge is -1.97. The van der Waals surface area contributed by atoms with E-state index in [1.165, 1.54) is 0 Å². The predicted octanol–water partition coefficient (Wildman–Crippen LogP) is -1.10. The molecule has 0 heterocycles. The van der Waals surface area contributed by atoms with E-state index in [9.17, 15) is 4.79 Å². The zero-order valence-electron chi connectivity index (χ0n) is 4.00. The van der Waals surface area contributed by atoms with Crippen LogP contribution in [0.5, 0.6) is 0 Å². The first-order valence-corrected chi connectivity index (χ1v) is 2.13. The molecule has 1 atom stereocenters. The van der Waals surface area contributed by atoms with E-state index in [4.69, 9.17) is 10.8 Å². The van der Waals surface area contributed by atoms with Crippen LogP contribution in [0.25, 0.3) is 0 Å². The predicted molar refractivity (Wildman–Crippen MR) is 25.7 cm³/mol. The number of hydrogen-bond donors (Lipinski definition) is 2. The summed E-state index contributed by atoms with van der Waals surface area (Å²) < 4.78 is 0. The van der Waals surface area contributed by atoms with Gasteiger partial charge in [-0.05, 0) is 0 Å². The Kier molecular flexibility index (Phi) is 3.55. The number of aliphatic hydroxyl groups excluding tert-OH is 1. The van der Waals surface area contributed by atoms with Gasteiger partial charge in [-0.25, -0.2) is 0 Å². The molecule has 3 heteroatoms. The Labute approximate surface area is 42.1 Å². The number of hydrogen-bond acceptors (Lipinski definition) is 3. The van der Waals surface area contributed by atoms with Crippen LogP contribution in [-0.4, -0.2) is 24.0 Å². The molecule has 42 valence electrons. The third-order valence-electron chi connectivity index (χ3n) is 0.640. The summed E-state index contributed by atoms with van der Waals surface area (Å²) in [4.78, 5) is 9.56. The van der Waals surface area contributed by atoms with Gasteiger partial charge >= 0.3 is 0 Å². The summed E-state index contributed by atoms with van der Waals surface area (Å²) in [7, 11) is 0. The topological polar surface area (TPSA) is 63.3 Å². The van der Waals surface area contributed by atoms with Gasteiger partial charge in [0.15, 0.2) is 0 Å². The van der Waals surface area contributed by atoms with Crippen molar-refractivity contribution < 1.29 is 9.90 Å². The van der Waals surface area contributed by atoms with Gasteiger partial charge in [-0.3, -0.25) is 0 Å². The number of nitrogens with two attached hydrogens (primary N) is 1. The average Bonchev–Trinajstić information content (AvgIpc) is 1.68. The van der Waals surface area contributed by atoms with Crippen molar-refractivity contribution in [3.05, 3.63) is 0 Å². The highest BCUT2D eigenvalue weighted by Crippen LogP contribution is 1.80. The second kappa shape index (κ2) is 3.77. The molecule has 0 saturated heterocycles. The molecule has 3 N–H and O–H groups in total. The summed E-state index contributed by atoms with van der Waals surface area (Å²) in [5, 5.41) is 8.50. The van der Waals surface area contributed by atoms with Crippen molar-refractivity contribution in [1.82, 2.24) is 0 Å². The van der Waals surface area contributed by atoms with E-state index < -0.39 is 6.10 Å². The maximum atomic E-state index is 9.56. The van der Waals surface area contributed by atoms with Crippen LogP contribution in [0.2, 0.25) is 0 Å². The largest absolute Gasteiger partial charge is 0.391 e. The molecule has 0 aromatic rings. The summed E-state index contributed by atoms with van der Waals surface area (Å²) in [6.07, 6.45) is 0.158. The minimum atomic E-state index is -0.641. The molecule has 0 rings (SSSR count). The molecule has 0 amide bonds. The Morgan fingerprint density at radius 1 is 1.86 bits per heavy atom. The van der Waals surface area contributed by atoms with Gasteiger partial charge in [-0.1, -0.05) is 0 Å². The van der Waals surface area contributed by atoms with Crippen molar-refractivity contribution in [2.75, 3.05) is 6.54 Å². The Balaban J connectivity index is 2.98. The third-order valence-corrected chi connectivity index (χ3v) is 0.640. The Morgan fingerprint density at radius 2 is 2.43 bits per heavy atom. The zero-order chi connectivity index (χ0) is 5.70. The average molecular weight is 103 g/mol. The van der Waals surface area contributed by atoms with Crippen molar-refractivity contribution >= 4 is 6.29 Å². The highest BCUT2D eigenvalue weighted by molar-refractivity contribution is 5.50. The highest BCUT2D eigenvalue weighted by atomic mass is 16.3. The van der Waals surface area contributed by atoms with Crippen molar-refractivity contribution in [3.8, 4) is 0 Å². The monoisotopic (exact) mass is 103 g/mol. The van der Waals surface area contributed by atoms with Crippen molar-refractivity contribution in [3.63, 3.8) is 0 Å². The maximum absolute atomic E-state index is 9.56. The molecule has 0 unspecified atom stereocenters. The first kappa shape index (κ1) is 6.59. The fourth-order valence-corrected chi connectivity index (χ4v) is 0.207. The Bertz CT molecular complexity index is 55.7. The van der Waals surface area contributed by atoms with E-state index >= 15 is 0 Å². The number of aldehydes is 1. The van der Waals surface area contributed by atoms with Crippen LogP contribution in [0.3, 0.4) is 0 Å². The van der Waals surface area contributed by atoms with E-state index in [0.29, 0.717) is 6.29 Å². The molecule has 0 spiro atoms. The normalized spacial score (nSPS) is 13.4. The van der Waals surface area contributed by atoms with E-state index in [1.807, 2.05) is 0 Å². The summed E-state index contributed by atoms with van der Waals surface area (Å²) in [6, 6.07) is 0. The zero-order valence-corrected chi connectivity index (χ0v) is 4.00. The first-order valence-electron chi connectivity index (χ1n) is 2.13. The van der Waals surface area contributed by atoms with E-state index in [2.05, 4.69) is 0 Å². The number of carbonyl (C=O) groups is 1. The van der Waals surface area contributed by atoms with E-state index in [0.717, 1.165) is 0 Å². The summed E-state index contributed by atoms with van der Waals surface area (Å²) >= 11 is 0. The quantitative estimate of drug-likeness (QED) is 0.445. The molecule has 0 saturated carbocycles. The molecule has 0 bridgehead atoms. The number of carbonyl (C=O) groups excluding carboxylic acids is 1. The minimum Gasteiger partial charge on any atom is -0.391 e. The van der Waals surface area contributed by atoms with Gasteiger partial charge in [0, 0.05) is 13.0 Å². The van der Waals surface area contributed by atoms with E-state index in [1.54, 1.807) is 0 Å². The molecule has 0 aliphatic rings. The van der Waals surface area contributed by atoms with Crippen molar-refractivity contribution in [2.45, 2.75) is 12.5 Å². The van der Waals surface area contributed by atoms with Crippen LogP contribution in [0, 0.1) is 0 Å². The van der Waals surface area contributed by atoms with Crippen LogP contribution in [0.15, 0.2) is 0 Å². The van der Waals surface area contributed by atoms with Gasteiger partial charge in [0.1, 0.15) is 6.29 Å². The fraction of sp³-hybridized carbons (Fsp3) is 0.750. The summed E-state index contributed by atoms with van der Waals surface area (Å²) in [6.45, 7) is 0.165. The second-order valence-electron chi connectivity index (χ2n) is 1.29. The van der Waals surface area contributed by atoms with Crippen LogP contribution in [0.4, 0.5) is 0 Å². The summed E-state index contributed by atoms with van der Waals surface area (Å²) in [5.41, 5.74) is 4.95.